The van der Waals surface area contributed by atoms with Gasteiger partial charge in [0.15, 0.2) is 0 Å². The van der Waals surface area contributed by atoms with Gasteiger partial charge in [-0.05, 0) is 24.0 Å². The van der Waals surface area contributed by atoms with Gasteiger partial charge in [-0.25, -0.2) is 0 Å². The lowest BCUT2D eigenvalue weighted by Crippen LogP contribution is -2.55. The normalized spacial score (nSPS) is 16.6. The Bertz CT molecular complexity index is 563. The lowest BCUT2D eigenvalue weighted by atomic mass is 10.0. The van der Waals surface area contributed by atoms with Gasteiger partial charge in [0.05, 0.1) is 12.5 Å². The molecule has 5 nitrogen and oxygen atoms in total. The standard InChI is InChI=1S/C18H27N3O2/c1-13(2)17(19)18(23)21-10-8-20(9-11-21)16(22)12-15-7-5-4-6-14(15)3/h4-7,13,17H,8-12,19H2,1-3H3/t17-/m0/s1. The van der Waals surface area contributed by atoms with Crippen LogP contribution in [0.5, 0.6) is 0 Å². The molecule has 1 fully saturated rings. The molecular formula is C18H27N3O2. The van der Waals surface area contributed by atoms with E-state index >= 15 is 0 Å². The highest BCUT2D eigenvalue weighted by Crippen LogP contribution is 2.12. The smallest absolute Gasteiger partial charge is 0.239 e. The molecule has 1 heterocycles. The van der Waals surface area contributed by atoms with Crippen molar-refractivity contribution >= 4 is 11.8 Å². The van der Waals surface area contributed by atoms with E-state index in [1.807, 2.05) is 49.9 Å². The van der Waals surface area contributed by atoms with Gasteiger partial charge in [0.25, 0.3) is 0 Å². The Labute approximate surface area is 138 Å². The van der Waals surface area contributed by atoms with Gasteiger partial charge in [-0.15, -0.1) is 0 Å². The van der Waals surface area contributed by atoms with Crippen molar-refractivity contribution in [3.05, 3.63) is 35.4 Å². The van der Waals surface area contributed by atoms with E-state index in [1.165, 1.54) is 0 Å². The minimum atomic E-state index is -0.454. The number of benzene rings is 1. The Kier molecular flexibility index (Phi) is 5.77. The van der Waals surface area contributed by atoms with Crippen LogP contribution in [0.3, 0.4) is 0 Å². The van der Waals surface area contributed by atoms with Gasteiger partial charge in [-0.2, -0.15) is 0 Å². The number of hydrogen-bond acceptors (Lipinski definition) is 3. The van der Waals surface area contributed by atoms with Crippen LogP contribution in [0, 0.1) is 12.8 Å². The minimum Gasteiger partial charge on any atom is -0.339 e. The summed E-state index contributed by atoms with van der Waals surface area (Å²) >= 11 is 0. The maximum atomic E-state index is 12.4. The molecule has 0 unspecified atom stereocenters. The monoisotopic (exact) mass is 317 g/mol. The number of carbonyl (C=O) groups excluding carboxylic acids is 2. The molecule has 0 saturated carbocycles. The van der Waals surface area contributed by atoms with Gasteiger partial charge >= 0.3 is 0 Å². The van der Waals surface area contributed by atoms with Crippen molar-refractivity contribution in [2.45, 2.75) is 33.2 Å². The number of piperazine rings is 1. The van der Waals surface area contributed by atoms with Crippen molar-refractivity contribution in [3.63, 3.8) is 0 Å². The summed E-state index contributed by atoms with van der Waals surface area (Å²) in [5.74, 6) is 0.244. The number of nitrogens with zero attached hydrogens (tertiary/aromatic N) is 2. The fourth-order valence-corrected chi connectivity index (χ4v) is 2.76. The van der Waals surface area contributed by atoms with Crippen LogP contribution in [-0.2, 0) is 16.0 Å². The van der Waals surface area contributed by atoms with E-state index in [0.29, 0.717) is 32.6 Å². The maximum absolute atomic E-state index is 12.4. The first kappa shape index (κ1) is 17.5. The van der Waals surface area contributed by atoms with Crippen LogP contribution in [0.1, 0.15) is 25.0 Å². The predicted molar refractivity (Wildman–Crippen MR) is 90.9 cm³/mol. The zero-order valence-corrected chi connectivity index (χ0v) is 14.3. The Morgan fingerprint density at radius 3 is 2.22 bits per heavy atom. The van der Waals surface area contributed by atoms with Gasteiger partial charge in [-0.3, -0.25) is 9.59 Å². The van der Waals surface area contributed by atoms with E-state index in [9.17, 15) is 9.59 Å². The lowest BCUT2D eigenvalue weighted by molar-refractivity contribution is -0.140. The van der Waals surface area contributed by atoms with Crippen molar-refractivity contribution in [2.24, 2.45) is 11.7 Å². The first-order valence-electron chi connectivity index (χ1n) is 8.26. The zero-order valence-electron chi connectivity index (χ0n) is 14.3. The second-order valence-electron chi connectivity index (χ2n) is 6.58. The highest BCUT2D eigenvalue weighted by Gasteiger charge is 2.28. The second-order valence-corrected chi connectivity index (χ2v) is 6.58. The molecule has 1 saturated heterocycles. The summed E-state index contributed by atoms with van der Waals surface area (Å²) in [5.41, 5.74) is 8.14. The van der Waals surface area contributed by atoms with E-state index in [-0.39, 0.29) is 17.7 Å². The van der Waals surface area contributed by atoms with Gasteiger partial charge in [0.2, 0.25) is 11.8 Å². The molecule has 0 spiro atoms. The first-order chi connectivity index (χ1) is 10.9. The van der Waals surface area contributed by atoms with Crippen LogP contribution in [0.15, 0.2) is 24.3 Å². The van der Waals surface area contributed by atoms with Crippen LogP contribution in [0.4, 0.5) is 0 Å². The second kappa shape index (κ2) is 7.59. The SMILES string of the molecule is Cc1ccccc1CC(=O)N1CCN(C(=O)[C@@H](N)C(C)C)CC1. The van der Waals surface area contributed by atoms with Crippen molar-refractivity contribution in [1.29, 1.82) is 0 Å². The Morgan fingerprint density at radius 1 is 1.09 bits per heavy atom. The molecule has 23 heavy (non-hydrogen) atoms. The zero-order chi connectivity index (χ0) is 17.0. The lowest BCUT2D eigenvalue weighted by Gasteiger charge is -2.36. The molecule has 1 aliphatic rings. The Balaban J connectivity index is 1.88. The van der Waals surface area contributed by atoms with E-state index in [2.05, 4.69) is 0 Å². The molecule has 0 aliphatic carbocycles. The van der Waals surface area contributed by atoms with Gasteiger partial charge in [0.1, 0.15) is 0 Å². The summed E-state index contributed by atoms with van der Waals surface area (Å²) in [5, 5.41) is 0. The molecule has 0 radical (unpaired) electrons. The number of amides is 2. The molecule has 2 N–H and O–H groups in total. The fraction of sp³-hybridized carbons (Fsp3) is 0.556. The number of carbonyl (C=O) groups is 2. The summed E-state index contributed by atoms with van der Waals surface area (Å²) < 4.78 is 0. The van der Waals surface area contributed by atoms with Crippen LogP contribution in [0.2, 0.25) is 0 Å². The summed E-state index contributed by atoms with van der Waals surface area (Å²) in [4.78, 5) is 28.3. The van der Waals surface area contributed by atoms with E-state index in [0.717, 1.165) is 11.1 Å². The molecule has 1 aromatic rings. The number of aryl methyl sites for hydroxylation is 1. The first-order valence-corrected chi connectivity index (χ1v) is 8.26. The molecule has 2 amide bonds. The van der Waals surface area contributed by atoms with Gasteiger partial charge in [0, 0.05) is 26.2 Å². The third-order valence-corrected chi connectivity index (χ3v) is 4.55. The van der Waals surface area contributed by atoms with Crippen molar-refractivity contribution in [1.82, 2.24) is 9.80 Å². The van der Waals surface area contributed by atoms with Crippen LogP contribution in [-0.4, -0.2) is 53.8 Å². The quantitative estimate of drug-likeness (QED) is 0.907. The number of hydrogen-bond donors (Lipinski definition) is 1. The topological polar surface area (TPSA) is 66.6 Å². The number of rotatable bonds is 4. The average Bonchev–Trinajstić information content (AvgIpc) is 2.55. The third-order valence-electron chi connectivity index (χ3n) is 4.55. The van der Waals surface area contributed by atoms with E-state index < -0.39 is 6.04 Å². The highest BCUT2D eigenvalue weighted by atomic mass is 16.2. The summed E-state index contributed by atoms with van der Waals surface area (Å²) in [6, 6.07) is 7.50. The average molecular weight is 317 g/mol. The van der Waals surface area contributed by atoms with Crippen LogP contribution >= 0.6 is 0 Å². The minimum absolute atomic E-state index is 0.00833. The van der Waals surface area contributed by atoms with Gasteiger partial charge in [-0.1, -0.05) is 38.1 Å². The highest BCUT2D eigenvalue weighted by molar-refractivity contribution is 5.83. The fourth-order valence-electron chi connectivity index (χ4n) is 2.76. The van der Waals surface area contributed by atoms with Crippen molar-refractivity contribution < 1.29 is 9.59 Å². The molecule has 5 heteroatoms. The molecule has 2 rings (SSSR count). The molecule has 126 valence electrons. The maximum Gasteiger partial charge on any atom is 0.239 e. The Morgan fingerprint density at radius 2 is 1.65 bits per heavy atom. The van der Waals surface area contributed by atoms with E-state index in [1.54, 1.807) is 4.90 Å². The number of nitrogens with two attached hydrogens (primary N) is 1. The van der Waals surface area contributed by atoms with Crippen LogP contribution in [0.25, 0.3) is 0 Å². The molecule has 0 bridgehead atoms. The summed E-state index contributed by atoms with van der Waals surface area (Å²) in [6.45, 7) is 8.22. The molecule has 1 aliphatic heterocycles. The largest absolute Gasteiger partial charge is 0.339 e. The third kappa shape index (κ3) is 4.32. The predicted octanol–water partition coefficient (Wildman–Crippen LogP) is 1.19. The summed E-state index contributed by atoms with van der Waals surface area (Å²) in [6.07, 6.45) is 0.423. The molecular weight excluding hydrogens is 290 g/mol. The van der Waals surface area contributed by atoms with Gasteiger partial charge < -0.3 is 15.5 Å². The summed E-state index contributed by atoms with van der Waals surface area (Å²) in [7, 11) is 0. The molecule has 1 aromatic carbocycles. The van der Waals surface area contributed by atoms with Crippen LogP contribution < -0.4 is 5.73 Å². The molecule has 0 aromatic heterocycles. The van der Waals surface area contributed by atoms with E-state index in [4.69, 9.17) is 5.73 Å². The van der Waals surface area contributed by atoms with Crippen molar-refractivity contribution in [3.8, 4) is 0 Å². The van der Waals surface area contributed by atoms with Crippen molar-refractivity contribution in [2.75, 3.05) is 26.2 Å². The Hall–Kier alpha value is -1.88. The molecule has 1 atom stereocenters.